The largest absolute Gasteiger partial charge is 0.474 e. The first-order valence-electron chi connectivity index (χ1n) is 14.9. The van der Waals surface area contributed by atoms with E-state index < -0.39 is 11.9 Å². The minimum Gasteiger partial charge on any atom is -0.474 e. The molecule has 4 heterocycles. The minimum absolute atomic E-state index is 0.102. The highest BCUT2D eigenvalue weighted by atomic mass is 16.6. The molecule has 1 aromatic heterocycles. The summed E-state index contributed by atoms with van der Waals surface area (Å²) in [5, 5.41) is 2.93. The summed E-state index contributed by atoms with van der Waals surface area (Å²) in [6.45, 7) is 0.253. The van der Waals surface area contributed by atoms with Crippen LogP contribution < -0.4 is 15.8 Å². The van der Waals surface area contributed by atoms with Crippen LogP contribution in [0.4, 0.5) is 9.59 Å². The Morgan fingerprint density at radius 3 is 2.31 bits per heavy atom. The second-order valence-corrected chi connectivity index (χ2v) is 11.9. The Balaban J connectivity index is 0.994. The number of nitrogens with two attached hydrogens (primary N) is 1. The Labute approximate surface area is 244 Å². The molecular weight excluding hydrogens is 538 g/mol. The van der Waals surface area contributed by atoms with Crippen LogP contribution in [0.3, 0.4) is 0 Å². The Kier molecular flexibility index (Phi) is 7.99. The van der Waals surface area contributed by atoms with Crippen molar-refractivity contribution in [2.45, 2.75) is 94.7 Å². The molecule has 5 amide bonds. The molecule has 0 spiro atoms. The molecule has 3 aliphatic heterocycles. The third-order valence-corrected chi connectivity index (χ3v) is 9.19. The number of urea groups is 1. The van der Waals surface area contributed by atoms with Gasteiger partial charge in [0, 0.05) is 24.3 Å². The van der Waals surface area contributed by atoms with Crippen molar-refractivity contribution in [3.05, 3.63) is 59.8 Å². The van der Waals surface area contributed by atoms with Gasteiger partial charge in [-0.3, -0.25) is 14.5 Å². The number of imide groups is 1. The number of nitrogens with one attached hydrogen (secondary N) is 1. The van der Waals surface area contributed by atoms with Gasteiger partial charge in [0.25, 0.3) is 11.8 Å². The molecule has 6 rings (SSSR count). The van der Waals surface area contributed by atoms with Gasteiger partial charge < -0.3 is 25.4 Å². The normalized spacial score (nSPS) is 28.9. The number of hydrogen-bond donors (Lipinski definition) is 2. The van der Waals surface area contributed by atoms with E-state index in [0.29, 0.717) is 32.1 Å². The fraction of sp³-hybridized carbons (Fsp3) is 0.516. The van der Waals surface area contributed by atoms with Gasteiger partial charge in [-0.1, -0.05) is 30.3 Å². The van der Waals surface area contributed by atoms with Crippen molar-refractivity contribution in [2.75, 3.05) is 0 Å². The van der Waals surface area contributed by atoms with Crippen molar-refractivity contribution in [2.24, 2.45) is 11.7 Å². The summed E-state index contributed by atoms with van der Waals surface area (Å²) in [6.07, 6.45) is 7.65. The Morgan fingerprint density at radius 1 is 0.929 bits per heavy atom. The van der Waals surface area contributed by atoms with Crippen molar-refractivity contribution in [3.8, 4) is 5.88 Å². The van der Waals surface area contributed by atoms with Crippen LogP contribution in [0.25, 0.3) is 0 Å². The fourth-order valence-electron chi connectivity index (χ4n) is 7.21. The first-order chi connectivity index (χ1) is 20.4. The molecule has 1 unspecified atom stereocenters. The van der Waals surface area contributed by atoms with E-state index in [4.69, 9.17) is 15.2 Å². The van der Waals surface area contributed by atoms with E-state index in [2.05, 4.69) is 10.3 Å². The molecule has 4 aliphatic rings. The number of aromatic nitrogens is 1. The standard InChI is InChI=1S/C31H37N5O6/c32-27(37)25-7-4-14-33-28(25)42-24-12-10-21(11-13-24)36-29(38)26(34-30(36)39)17-20-15-22-8-9-23(16-20)35(22)31(40)41-18-19-5-2-1-3-6-19/h1-7,14,20-24,26H,8-13,15-18H2,(H2,32,37)(H,34,39)/t20-,21-,22-,23+,24-,26?. The lowest BCUT2D eigenvalue weighted by atomic mass is 9.85. The lowest BCUT2D eigenvalue weighted by molar-refractivity contribution is -0.130. The van der Waals surface area contributed by atoms with Crippen LogP contribution in [0.1, 0.15) is 73.7 Å². The molecule has 1 aliphatic carbocycles. The summed E-state index contributed by atoms with van der Waals surface area (Å²) < 4.78 is 11.6. The fourth-order valence-corrected chi connectivity index (χ4v) is 7.21. The molecule has 1 aromatic carbocycles. The van der Waals surface area contributed by atoms with Gasteiger partial charge in [-0.2, -0.15) is 0 Å². The monoisotopic (exact) mass is 575 g/mol. The molecule has 2 aromatic rings. The van der Waals surface area contributed by atoms with E-state index in [1.54, 1.807) is 18.3 Å². The van der Waals surface area contributed by atoms with Gasteiger partial charge in [0.1, 0.15) is 24.3 Å². The first kappa shape index (κ1) is 28.0. The van der Waals surface area contributed by atoms with E-state index in [0.717, 1.165) is 31.2 Å². The van der Waals surface area contributed by atoms with E-state index in [1.807, 2.05) is 35.2 Å². The predicted molar refractivity (Wildman–Crippen MR) is 151 cm³/mol. The summed E-state index contributed by atoms with van der Waals surface area (Å²) in [4.78, 5) is 58.4. The smallest absolute Gasteiger partial charge is 0.410 e. The number of benzene rings is 1. The Hall–Kier alpha value is -4.15. The number of carbonyl (C=O) groups excluding carboxylic acids is 4. The third-order valence-electron chi connectivity index (χ3n) is 9.19. The minimum atomic E-state index is -0.598. The second-order valence-electron chi connectivity index (χ2n) is 11.9. The zero-order valence-electron chi connectivity index (χ0n) is 23.5. The van der Waals surface area contributed by atoms with Crippen molar-refractivity contribution in [1.29, 1.82) is 0 Å². The highest BCUT2D eigenvalue weighted by Crippen LogP contribution is 2.41. The number of piperidine rings is 1. The van der Waals surface area contributed by atoms with Gasteiger partial charge in [-0.15, -0.1) is 0 Å². The number of amides is 5. The molecule has 3 N–H and O–H groups in total. The summed E-state index contributed by atoms with van der Waals surface area (Å²) >= 11 is 0. The van der Waals surface area contributed by atoms with Crippen molar-refractivity contribution >= 4 is 23.9 Å². The van der Waals surface area contributed by atoms with Gasteiger partial charge in [0.05, 0.1) is 0 Å². The maximum atomic E-state index is 13.4. The molecule has 11 heteroatoms. The Bertz CT molecular complexity index is 1320. The molecule has 4 fully saturated rings. The predicted octanol–water partition coefficient (Wildman–Crippen LogP) is 3.76. The lowest BCUT2D eigenvalue weighted by Gasteiger charge is -2.38. The van der Waals surface area contributed by atoms with Gasteiger partial charge in [0.2, 0.25) is 5.88 Å². The number of ether oxygens (including phenoxy) is 2. The van der Waals surface area contributed by atoms with Crippen molar-refractivity contribution in [3.63, 3.8) is 0 Å². The van der Waals surface area contributed by atoms with Crippen LogP contribution in [-0.4, -0.2) is 69.0 Å². The quantitative estimate of drug-likeness (QED) is 0.456. The SMILES string of the molecule is NC(=O)c1cccnc1O[C@H]1CC[C@H](N2C(=O)NC(C[C@@H]3C[C@H]4CC[C@@H](C3)N4C(=O)OCc3ccccc3)C2=O)CC1. The van der Waals surface area contributed by atoms with E-state index in [1.165, 1.54) is 4.90 Å². The van der Waals surface area contributed by atoms with Crippen LogP contribution in [0.5, 0.6) is 5.88 Å². The summed E-state index contributed by atoms with van der Waals surface area (Å²) in [5.41, 5.74) is 6.63. The van der Waals surface area contributed by atoms with Gasteiger partial charge in [-0.05, 0) is 81.4 Å². The van der Waals surface area contributed by atoms with Crippen LogP contribution in [0.2, 0.25) is 0 Å². The number of primary amides is 1. The maximum absolute atomic E-state index is 13.4. The maximum Gasteiger partial charge on any atom is 0.410 e. The van der Waals surface area contributed by atoms with Gasteiger partial charge in [0.15, 0.2) is 0 Å². The summed E-state index contributed by atoms with van der Waals surface area (Å²) in [7, 11) is 0. The number of nitrogens with zero attached hydrogens (tertiary/aromatic N) is 3. The Morgan fingerprint density at radius 2 is 1.62 bits per heavy atom. The molecule has 0 radical (unpaired) electrons. The second kappa shape index (κ2) is 12.0. The molecule has 2 bridgehead atoms. The molecule has 4 atom stereocenters. The highest BCUT2D eigenvalue weighted by Gasteiger charge is 2.48. The topological polar surface area (TPSA) is 144 Å². The van der Waals surface area contributed by atoms with E-state index in [-0.39, 0.29) is 66.2 Å². The lowest BCUT2D eigenvalue weighted by Crippen LogP contribution is -2.48. The summed E-state index contributed by atoms with van der Waals surface area (Å²) in [6, 6.07) is 12.0. The molecule has 1 saturated carbocycles. The van der Waals surface area contributed by atoms with Crippen molar-refractivity contribution in [1.82, 2.24) is 20.1 Å². The number of hydrogen-bond acceptors (Lipinski definition) is 7. The number of pyridine rings is 1. The van der Waals surface area contributed by atoms with Crippen LogP contribution in [-0.2, 0) is 16.1 Å². The first-order valence-corrected chi connectivity index (χ1v) is 14.9. The molecule has 42 heavy (non-hydrogen) atoms. The van der Waals surface area contributed by atoms with Gasteiger partial charge in [-0.25, -0.2) is 14.6 Å². The van der Waals surface area contributed by atoms with Crippen LogP contribution in [0, 0.1) is 5.92 Å². The average Bonchev–Trinajstić information content (AvgIpc) is 3.43. The number of fused-ring (bicyclic) bond motifs is 2. The zero-order chi connectivity index (χ0) is 29.2. The highest BCUT2D eigenvalue weighted by molar-refractivity contribution is 6.04. The van der Waals surface area contributed by atoms with Crippen LogP contribution >= 0.6 is 0 Å². The van der Waals surface area contributed by atoms with E-state index >= 15 is 0 Å². The van der Waals surface area contributed by atoms with Gasteiger partial charge >= 0.3 is 12.1 Å². The molecule has 222 valence electrons. The number of rotatable bonds is 8. The number of carbonyl (C=O) groups is 4. The van der Waals surface area contributed by atoms with Crippen LogP contribution in [0.15, 0.2) is 48.7 Å². The molecule has 3 saturated heterocycles. The average molecular weight is 576 g/mol. The van der Waals surface area contributed by atoms with Crippen molar-refractivity contribution < 1.29 is 28.7 Å². The zero-order valence-corrected chi connectivity index (χ0v) is 23.5. The third kappa shape index (κ3) is 5.77. The molecule has 11 nitrogen and oxygen atoms in total. The van der Waals surface area contributed by atoms with E-state index in [9.17, 15) is 19.2 Å². The summed E-state index contributed by atoms with van der Waals surface area (Å²) in [5.74, 6) is -0.300. The molecular formula is C31H37N5O6.